The Bertz CT molecular complexity index is 739. The first-order valence-electron chi connectivity index (χ1n) is 7.35. The molecule has 0 radical (unpaired) electrons. The van der Waals surface area contributed by atoms with Gasteiger partial charge in [-0.2, -0.15) is 5.10 Å². The van der Waals surface area contributed by atoms with Crippen molar-refractivity contribution in [2.24, 2.45) is 5.10 Å². The SMILES string of the molecule is COc1ccc([C@@H]2CC(c3ccc(Cl)cc3)=NN2C(C)=O)cc1. The van der Waals surface area contributed by atoms with E-state index in [1.807, 2.05) is 48.5 Å². The molecular weight excluding hydrogens is 312 g/mol. The molecule has 0 saturated heterocycles. The van der Waals surface area contributed by atoms with Gasteiger partial charge in [0.25, 0.3) is 0 Å². The van der Waals surface area contributed by atoms with Crippen LogP contribution < -0.4 is 4.74 Å². The zero-order valence-corrected chi connectivity index (χ0v) is 13.7. The number of hydrogen-bond donors (Lipinski definition) is 0. The Kier molecular flexibility index (Phi) is 4.35. The van der Waals surface area contributed by atoms with Crippen molar-refractivity contribution in [2.75, 3.05) is 7.11 Å². The summed E-state index contributed by atoms with van der Waals surface area (Å²) in [7, 11) is 1.63. The molecule has 0 fully saturated rings. The number of amides is 1. The van der Waals surface area contributed by atoms with E-state index in [4.69, 9.17) is 16.3 Å². The van der Waals surface area contributed by atoms with Crippen LogP contribution in [0.15, 0.2) is 53.6 Å². The van der Waals surface area contributed by atoms with Crippen molar-refractivity contribution in [1.29, 1.82) is 0 Å². The summed E-state index contributed by atoms with van der Waals surface area (Å²) in [6, 6.07) is 15.2. The predicted octanol–water partition coefficient (Wildman–Crippen LogP) is 4.05. The number of benzene rings is 2. The average molecular weight is 329 g/mol. The van der Waals surface area contributed by atoms with Crippen LogP contribution in [0.3, 0.4) is 0 Å². The van der Waals surface area contributed by atoms with Gasteiger partial charge in [-0.15, -0.1) is 0 Å². The van der Waals surface area contributed by atoms with E-state index >= 15 is 0 Å². The van der Waals surface area contributed by atoms with E-state index in [0.717, 1.165) is 22.6 Å². The number of carbonyl (C=O) groups is 1. The number of rotatable bonds is 3. The van der Waals surface area contributed by atoms with Crippen LogP contribution in [0.4, 0.5) is 0 Å². The van der Waals surface area contributed by atoms with E-state index in [0.29, 0.717) is 11.4 Å². The molecule has 2 aromatic carbocycles. The molecule has 1 atom stereocenters. The number of halogens is 1. The van der Waals surface area contributed by atoms with Crippen LogP contribution >= 0.6 is 11.6 Å². The minimum Gasteiger partial charge on any atom is -0.497 e. The van der Waals surface area contributed by atoms with Gasteiger partial charge in [-0.25, -0.2) is 5.01 Å². The molecule has 0 aliphatic carbocycles. The van der Waals surface area contributed by atoms with Crippen LogP contribution in [-0.2, 0) is 4.79 Å². The smallest absolute Gasteiger partial charge is 0.240 e. The second kappa shape index (κ2) is 6.42. The van der Waals surface area contributed by atoms with Crippen molar-refractivity contribution in [3.63, 3.8) is 0 Å². The van der Waals surface area contributed by atoms with Crippen LogP contribution in [-0.4, -0.2) is 23.7 Å². The maximum atomic E-state index is 12.0. The Hall–Kier alpha value is -2.33. The van der Waals surface area contributed by atoms with E-state index in [1.165, 1.54) is 6.92 Å². The number of hydrogen-bond acceptors (Lipinski definition) is 3. The minimum atomic E-state index is -0.0934. The molecule has 1 aliphatic rings. The Morgan fingerprint density at radius 1 is 1.17 bits per heavy atom. The highest BCUT2D eigenvalue weighted by Gasteiger charge is 2.31. The van der Waals surface area contributed by atoms with E-state index in [1.54, 1.807) is 12.1 Å². The predicted molar refractivity (Wildman–Crippen MR) is 90.9 cm³/mol. The largest absolute Gasteiger partial charge is 0.497 e. The third kappa shape index (κ3) is 3.22. The molecule has 4 nitrogen and oxygen atoms in total. The number of nitrogens with zero attached hydrogens (tertiary/aromatic N) is 2. The van der Waals surface area contributed by atoms with Crippen molar-refractivity contribution in [1.82, 2.24) is 5.01 Å². The number of ether oxygens (including phenoxy) is 1. The summed E-state index contributed by atoms with van der Waals surface area (Å²) in [5, 5.41) is 6.74. The molecule has 0 spiro atoms. The van der Waals surface area contributed by atoms with Gasteiger partial charge in [-0.3, -0.25) is 4.79 Å². The summed E-state index contributed by atoms with van der Waals surface area (Å²) in [5.74, 6) is 0.717. The van der Waals surface area contributed by atoms with Crippen LogP contribution in [0.5, 0.6) is 5.75 Å². The highest BCUT2D eigenvalue weighted by atomic mass is 35.5. The van der Waals surface area contributed by atoms with E-state index in [9.17, 15) is 4.79 Å². The van der Waals surface area contributed by atoms with Gasteiger partial charge >= 0.3 is 0 Å². The maximum absolute atomic E-state index is 12.0. The van der Waals surface area contributed by atoms with Gasteiger partial charge in [0.15, 0.2) is 0 Å². The molecule has 0 aromatic heterocycles. The molecule has 0 saturated carbocycles. The molecular formula is C18H17ClN2O2. The number of hydrazone groups is 1. The molecule has 2 aromatic rings. The van der Waals surface area contributed by atoms with Gasteiger partial charge in [0.2, 0.25) is 5.91 Å². The third-order valence-corrected chi connectivity index (χ3v) is 4.16. The second-order valence-corrected chi connectivity index (χ2v) is 5.85. The Balaban J connectivity index is 1.90. The Labute approximate surface area is 140 Å². The first kappa shape index (κ1) is 15.6. The Morgan fingerprint density at radius 3 is 2.39 bits per heavy atom. The quantitative estimate of drug-likeness (QED) is 0.853. The molecule has 1 aliphatic heterocycles. The first-order chi connectivity index (χ1) is 11.1. The van der Waals surface area contributed by atoms with Gasteiger partial charge < -0.3 is 4.74 Å². The molecule has 1 amide bonds. The van der Waals surface area contributed by atoms with Crippen molar-refractivity contribution in [3.8, 4) is 5.75 Å². The lowest BCUT2D eigenvalue weighted by Crippen LogP contribution is -2.24. The van der Waals surface area contributed by atoms with Gasteiger partial charge in [-0.05, 0) is 35.4 Å². The first-order valence-corrected chi connectivity index (χ1v) is 7.73. The van der Waals surface area contributed by atoms with Crippen LogP contribution in [0.1, 0.15) is 30.5 Å². The van der Waals surface area contributed by atoms with Crippen LogP contribution in [0, 0.1) is 0 Å². The third-order valence-electron chi connectivity index (χ3n) is 3.91. The molecule has 23 heavy (non-hydrogen) atoms. The van der Waals surface area contributed by atoms with Crippen molar-refractivity contribution in [3.05, 3.63) is 64.7 Å². The van der Waals surface area contributed by atoms with Gasteiger partial charge in [-0.1, -0.05) is 35.9 Å². The van der Waals surface area contributed by atoms with E-state index in [-0.39, 0.29) is 11.9 Å². The zero-order valence-electron chi connectivity index (χ0n) is 13.0. The van der Waals surface area contributed by atoms with Crippen molar-refractivity contribution in [2.45, 2.75) is 19.4 Å². The summed E-state index contributed by atoms with van der Waals surface area (Å²) < 4.78 is 5.19. The lowest BCUT2D eigenvalue weighted by atomic mass is 9.98. The molecule has 3 rings (SSSR count). The monoisotopic (exact) mass is 328 g/mol. The van der Waals surface area contributed by atoms with Gasteiger partial charge in [0.1, 0.15) is 5.75 Å². The van der Waals surface area contributed by atoms with E-state index < -0.39 is 0 Å². The molecule has 118 valence electrons. The summed E-state index contributed by atoms with van der Waals surface area (Å²) in [5.41, 5.74) is 2.91. The van der Waals surface area contributed by atoms with Crippen LogP contribution in [0.2, 0.25) is 5.02 Å². The highest BCUT2D eigenvalue weighted by molar-refractivity contribution is 6.30. The summed E-state index contributed by atoms with van der Waals surface area (Å²) in [4.78, 5) is 12.0. The Morgan fingerprint density at radius 2 is 1.83 bits per heavy atom. The zero-order chi connectivity index (χ0) is 16.4. The summed E-state index contributed by atoms with van der Waals surface area (Å²) >= 11 is 5.93. The average Bonchev–Trinajstić information content (AvgIpc) is 3.01. The standard InChI is InChI=1S/C18H17ClN2O2/c1-12(22)21-18(14-5-9-16(23-2)10-6-14)11-17(20-21)13-3-7-15(19)8-4-13/h3-10,18H,11H2,1-2H3/t18-/m0/s1. The number of methoxy groups -OCH3 is 1. The number of carbonyl (C=O) groups excluding carboxylic acids is 1. The fourth-order valence-electron chi connectivity index (χ4n) is 2.70. The van der Waals surface area contributed by atoms with Gasteiger partial charge in [0, 0.05) is 18.4 Å². The van der Waals surface area contributed by atoms with Gasteiger partial charge in [0.05, 0.1) is 18.9 Å². The minimum absolute atomic E-state index is 0.0743. The second-order valence-electron chi connectivity index (χ2n) is 5.41. The topological polar surface area (TPSA) is 41.9 Å². The fraction of sp³-hybridized carbons (Fsp3) is 0.222. The maximum Gasteiger partial charge on any atom is 0.240 e. The van der Waals surface area contributed by atoms with Crippen molar-refractivity contribution >= 4 is 23.2 Å². The summed E-state index contributed by atoms with van der Waals surface area (Å²) in [6.07, 6.45) is 0.674. The van der Waals surface area contributed by atoms with Crippen LogP contribution in [0.25, 0.3) is 0 Å². The lowest BCUT2D eigenvalue weighted by molar-refractivity contribution is -0.130. The van der Waals surface area contributed by atoms with E-state index in [2.05, 4.69) is 5.10 Å². The fourth-order valence-corrected chi connectivity index (χ4v) is 2.83. The lowest BCUT2D eigenvalue weighted by Gasteiger charge is -2.20. The molecule has 1 heterocycles. The molecule has 0 N–H and O–H groups in total. The normalized spacial score (nSPS) is 17.1. The highest BCUT2D eigenvalue weighted by Crippen LogP contribution is 2.33. The van der Waals surface area contributed by atoms with Crippen molar-refractivity contribution < 1.29 is 9.53 Å². The molecule has 5 heteroatoms. The molecule has 0 unspecified atom stereocenters. The summed E-state index contributed by atoms with van der Waals surface area (Å²) in [6.45, 7) is 1.53. The molecule has 0 bridgehead atoms.